The number of ether oxygens (including phenoxy) is 2. The number of alkyl halides is 2. The Bertz CT molecular complexity index is 783. The number of carbonyl (C=O) groups excluding carboxylic acids is 1. The predicted octanol–water partition coefficient (Wildman–Crippen LogP) is 3.88. The second-order valence-corrected chi connectivity index (χ2v) is 5.49. The number of hydrogen-bond donors (Lipinski definition) is 1. The number of carbonyl (C=O) groups is 1. The van der Waals surface area contributed by atoms with Crippen LogP contribution in [0, 0.1) is 0 Å². The maximum Gasteiger partial charge on any atom is 0.387 e. The molecule has 1 amide bonds. The van der Waals surface area contributed by atoms with E-state index in [-0.39, 0.29) is 17.4 Å². The van der Waals surface area contributed by atoms with Crippen molar-refractivity contribution in [2.24, 2.45) is 0 Å². The maximum absolute atomic E-state index is 12.9. The Morgan fingerprint density at radius 1 is 1.20 bits per heavy atom. The summed E-state index contributed by atoms with van der Waals surface area (Å²) in [5, 5.41) is 3.20. The van der Waals surface area contributed by atoms with E-state index >= 15 is 0 Å². The topological polar surface area (TPSA) is 50.8 Å². The SMILES string of the molecule is CCOc1cccc(C2Nc3ccccc3C(=O)N2C)c1OC(F)F. The van der Waals surface area contributed by atoms with E-state index in [9.17, 15) is 13.6 Å². The van der Waals surface area contributed by atoms with Crippen LogP contribution in [-0.2, 0) is 0 Å². The highest BCUT2D eigenvalue weighted by Gasteiger charge is 2.33. The van der Waals surface area contributed by atoms with Crippen LogP contribution in [0.5, 0.6) is 11.5 Å². The third-order valence-corrected chi connectivity index (χ3v) is 3.97. The third kappa shape index (κ3) is 3.22. The molecule has 132 valence electrons. The van der Waals surface area contributed by atoms with Crippen LogP contribution in [0.15, 0.2) is 42.5 Å². The van der Waals surface area contributed by atoms with Crippen LogP contribution in [0.3, 0.4) is 0 Å². The van der Waals surface area contributed by atoms with Crippen molar-refractivity contribution in [3.8, 4) is 11.5 Å². The van der Waals surface area contributed by atoms with E-state index in [1.165, 1.54) is 4.90 Å². The Hall–Kier alpha value is -2.83. The number of anilines is 1. The molecule has 1 aliphatic rings. The molecule has 7 heteroatoms. The quantitative estimate of drug-likeness (QED) is 0.891. The van der Waals surface area contributed by atoms with Crippen LogP contribution in [0.25, 0.3) is 0 Å². The van der Waals surface area contributed by atoms with Gasteiger partial charge in [-0.15, -0.1) is 0 Å². The predicted molar refractivity (Wildman–Crippen MR) is 89.1 cm³/mol. The number of rotatable bonds is 5. The Labute approximate surface area is 144 Å². The molecule has 2 aromatic rings. The van der Waals surface area contributed by atoms with Crippen LogP contribution in [0.2, 0.25) is 0 Å². The molecule has 5 nitrogen and oxygen atoms in total. The van der Waals surface area contributed by atoms with Gasteiger partial charge in [0.15, 0.2) is 11.5 Å². The molecule has 1 N–H and O–H groups in total. The molecule has 0 bridgehead atoms. The fraction of sp³-hybridized carbons (Fsp3) is 0.278. The van der Waals surface area contributed by atoms with Crippen LogP contribution in [0.1, 0.15) is 29.0 Å². The van der Waals surface area contributed by atoms with Crippen LogP contribution < -0.4 is 14.8 Å². The van der Waals surface area contributed by atoms with Gasteiger partial charge in [-0.2, -0.15) is 8.78 Å². The first kappa shape index (κ1) is 17.0. The van der Waals surface area contributed by atoms with Crippen LogP contribution in [0.4, 0.5) is 14.5 Å². The Morgan fingerprint density at radius 3 is 2.68 bits per heavy atom. The molecule has 1 aliphatic heterocycles. The first-order chi connectivity index (χ1) is 12.0. The number of amides is 1. The number of halogens is 2. The molecular weight excluding hydrogens is 330 g/mol. The van der Waals surface area contributed by atoms with Crippen molar-refractivity contribution >= 4 is 11.6 Å². The van der Waals surface area contributed by atoms with Crippen molar-refractivity contribution < 1.29 is 23.0 Å². The second kappa shape index (κ2) is 6.96. The molecule has 1 unspecified atom stereocenters. The minimum Gasteiger partial charge on any atom is -0.490 e. The maximum atomic E-state index is 12.9. The molecule has 0 saturated carbocycles. The van der Waals surface area contributed by atoms with Gasteiger partial charge in [0.2, 0.25) is 0 Å². The molecule has 0 radical (unpaired) electrons. The Balaban J connectivity index is 2.07. The summed E-state index contributed by atoms with van der Waals surface area (Å²) in [5.74, 6) is -0.0677. The summed E-state index contributed by atoms with van der Waals surface area (Å²) in [5.41, 5.74) is 1.57. The molecule has 0 saturated heterocycles. The van der Waals surface area contributed by atoms with E-state index in [2.05, 4.69) is 5.32 Å². The van der Waals surface area contributed by atoms with Crippen molar-refractivity contribution in [2.45, 2.75) is 19.7 Å². The van der Waals surface area contributed by atoms with Gasteiger partial charge in [0.1, 0.15) is 6.17 Å². The fourth-order valence-electron chi connectivity index (χ4n) is 2.87. The Morgan fingerprint density at radius 2 is 1.96 bits per heavy atom. The molecule has 1 heterocycles. The van der Waals surface area contributed by atoms with Gasteiger partial charge in [-0.25, -0.2) is 0 Å². The summed E-state index contributed by atoms with van der Waals surface area (Å²) in [7, 11) is 1.61. The first-order valence-corrected chi connectivity index (χ1v) is 7.86. The molecule has 2 aromatic carbocycles. The summed E-state index contributed by atoms with van der Waals surface area (Å²) in [6, 6.07) is 11.9. The minimum absolute atomic E-state index is 0.0733. The van der Waals surface area contributed by atoms with E-state index in [0.717, 1.165) is 0 Å². The largest absolute Gasteiger partial charge is 0.490 e. The van der Waals surface area contributed by atoms with Gasteiger partial charge >= 0.3 is 6.61 Å². The van der Waals surface area contributed by atoms with E-state index in [1.54, 1.807) is 56.4 Å². The average molecular weight is 348 g/mol. The molecule has 25 heavy (non-hydrogen) atoms. The zero-order valence-corrected chi connectivity index (χ0v) is 13.8. The lowest BCUT2D eigenvalue weighted by atomic mass is 10.0. The van der Waals surface area contributed by atoms with Crippen molar-refractivity contribution in [3.63, 3.8) is 0 Å². The van der Waals surface area contributed by atoms with Gasteiger partial charge in [-0.05, 0) is 25.1 Å². The molecule has 0 aliphatic carbocycles. The lowest BCUT2D eigenvalue weighted by Gasteiger charge is -2.36. The Kier molecular flexibility index (Phi) is 4.74. The van der Waals surface area contributed by atoms with Gasteiger partial charge in [0, 0.05) is 18.3 Å². The monoisotopic (exact) mass is 348 g/mol. The lowest BCUT2D eigenvalue weighted by Crippen LogP contribution is -2.40. The van der Waals surface area contributed by atoms with Gasteiger partial charge < -0.3 is 19.7 Å². The highest BCUT2D eigenvalue weighted by molar-refractivity contribution is 6.01. The van der Waals surface area contributed by atoms with Crippen molar-refractivity contribution in [1.82, 2.24) is 4.90 Å². The minimum atomic E-state index is -3.00. The first-order valence-electron chi connectivity index (χ1n) is 7.86. The molecule has 1 atom stereocenters. The molecule has 0 spiro atoms. The number of nitrogens with zero attached hydrogens (tertiary/aromatic N) is 1. The molecular formula is C18H18F2N2O3. The number of para-hydroxylation sites is 2. The van der Waals surface area contributed by atoms with Gasteiger partial charge in [0.05, 0.1) is 12.2 Å². The lowest BCUT2D eigenvalue weighted by molar-refractivity contribution is -0.0525. The summed E-state index contributed by atoms with van der Waals surface area (Å²) in [6.45, 7) is -0.945. The third-order valence-electron chi connectivity index (χ3n) is 3.97. The molecule has 0 aromatic heterocycles. The standard InChI is InChI=1S/C18H18F2N2O3/c1-3-24-14-10-6-8-12(15(14)25-18(19)20)16-21-13-9-5-4-7-11(13)17(23)22(16)2/h4-10,16,18,21H,3H2,1-2H3. The highest BCUT2D eigenvalue weighted by Crippen LogP contribution is 2.41. The summed E-state index contributed by atoms with van der Waals surface area (Å²) >= 11 is 0. The number of hydrogen-bond acceptors (Lipinski definition) is 4. The van der Waals surface area contributed by atoms with Crippen molar-refractivity contribution in [2.75, 3.05) is 19.0 Å². The number of nitrogens with one attached hydrogen (secondary N) is 1. The van der Waals surface area contributed by atoms with Crippen LogP contribution >= 0.6 is 0 Å². The second-order valence-electron chi connectivity index (χ2n) is 5.49. The van der Waals surface area contributed by atoms with E-state index < -0.39 is 12.8 Å². The molecule has 0 fully saturated rings. The summed E-state index contributed by atoms with van der Waals surface area (Å²) in [6.07, 6.45) is -0.656. The van der Waals surface area contributed by atoms with Gasteiger partial charge in [-0.1, -0.05) is 24.3 Å². The normalized spacial score (nSPS) is 16.4. The van der Waals surface area contributed by atoms with E-state index in [1.807, 2.05) is 0 Å². The van der Waals surface area contributed by atoms with Crippen molar-refractivity contribution in [3.05, 3.63) is 53.6 Å². The van der Waals surface area contributed by atoms with E-state index in [0.29, 0.717) is 23.4 Å². The highest BCUT2D eigenvalue weighted by atomic mass is 19.3. The zero-order valence-electron chi connectivity index (χ0n) is 13.8. The molecule has 3 rings (SSSR count). The smallest absolute Gasteiger partial charge is 0.387 e. The summed E-state index contributed by atoms with van der Waals surface area (Å²) in [4.78, 5) is 14.1. The van der Waals surface area contributed by atoms with Crippen molar-refractivity contribution in [1.29, 1.82) is 0 Å². The average Bonchev–Trinajstić information content (AvgIpc) is 2.59. The zero-order chi connectivity index (χ0) is 18.0. The fourth-order valence-corrected chi connectivity index (χ4v) is 2.87. The number of benzene rings is 2. The summed E-state index contributed by atoms with van der Waals surface area (Å²) < 4.78 is 36.0. The van der Waals surface area contributed by atoms with E-state index in [4.69, 9.17) is 9.47 Å². The van der Waals surface area contributed by atoms with Gasteiger partial charge in [-0.3, -0.25) is 4.79 Å². The number of fused-ring (bicyclic) bond motifs is 1. The van der Waals surface area contributed by atoms with Crippen LogP contribution in [-0.4, -0.2) is 31.1 Å². The van der Waals surface area contributed by atoms with Gasteiger partial charge in [0.25, 0.3) is 5.91 Å².